The summed E-state index contributed by atoms with van der Waals surface area (Å²) in [5, 5.41) is 0. The summed E-state index contributed by atoms with van der Waals surface area (Å²) in [7, 11) is 1.23. The van der Waals surface area contributed by atoms with Crippen molar-refractivity contribution in [3.05, 3.63) is 23.4 Å². The molecule has 0 spiro atoms. The predicted octanol–water partition coefficient (Wildman–Crippen LogP) is 1.04. The molecule has 9 heavy (non-hydrogen) atoms. The van der Waals surface area contributed by atoms with Crippen LogP contribution in [0.5, 0.6) is 0 Å². The fraction of sp³-hybridized carbons (Fsp3) is 0.429. The van der Waals surface area contributed by atoms with Gasteiger partial charge in [0.2, 0.25) is 0 Å². The molecular weight excluding hydrogens is 111 g/mol. The molecule has 2 aliphatic heterocycles. The standard InChI is InChI=1S/C7H9BO/c1-3-8-7-5-9-4-2-6(1)7/h2,5,8H,1,3-4H2. The van der Waals surface area contributed by atoms with E-state index in [1.165, 1.54) is 31.1 Å². The molecule has 46 valence electrons. The maximum absolute atomic E-state index is 5.14. The van der Waals surface area contributed by atoms with Gasteiger partial charge in [-0.3, -0.25) is 0 Å². The molecule has 0 aromatic carbocycles. The highest BCUT2D eigenvalue weighted by Gasteiger charge is 2.16. The maximum atomic E-state index is 5.14. The van der Waals surface area contributed by atoms with E-state index >= 15 is 0 Å². The normalized spacial score (nSPS) is 23.1. The van der Waals surface area contributed by atoms with E-state index in [0.29, 0.717) is 0 Å². The van der Waals surface area contributed by atoms with Crippen LogP contribution in [0.25, 0.3) is 0 Å². The van der Waals surface area contributed by atoms with E-state index in [1.54, 1.807) is 0 Å². The highest BCUT2D eigenvalue weighted by molar-refractivity contribution is 6.48. The van der Waals surface area contributed by atoms with Crippen molar-refractivity contribution in [2.75, 3.05) is 6.61 Å². The van der Waals surface area contributed by atoms with Gasteiger partial charge in [-0.2, -0.15) is 0 Å². The summed E-state index contributed by atoms with van der Waals surface area (Å²) in [6, 6.07) is 0. The average Bonchev–Trinajstić information content (AvgIpc) is 2.33. The van der Waals surface area contributed by atoms with Crippen LogP contribution in [0.15, 0.2) is 23.4 Å². The van der Waals surface area contributed by atoms with Crippen molar-refractivity contribution in [3.63, 3.8) is 0 Å². The first-order valence-electron chi connectivity index (χ1n) is 3.47. The summed E-state index contributed by atoms with van der Waals surface area (Å²) in [6.07, 6.45) is 6.71. The summed E-state index contributed by atoms with van der Waals surface area (Å²) in [5.74, 6) is 0. The van der Waals surface area contributed by atoms with Crippen LogP contribution in [0.2, 0.25) is 6.32 Å². The Kier molecular flexibility index (Phi) is 1.11. The van der Waals surface area contributed by atoms with Gasteiger partial charge in [-0.05, 0) is 18.0 Å². The second-order valence-electron chi connectivity index (χ2n) is 2.56. The summed E-state index contributed by atoms with van der Waals surface area (Å²) >= 11 is 0. The third-order valence-electron chi connectivity index (χ3n) is 1.96. The Morgan fingerprint density at radius 2 is 2.56 bits per heavy atom. The van der Waals surface area contributed by atoms with Crippen molar-refractivity contribution < 1.29 is 4.74 Å². The third kappa shape index (κ3) is 0.785. The lowest BCUT2D eigenvalue weighted by atomic mass is 9.72. The van der Waals surface area contributed by atoms with E-state index in [0.717, 1.165) is 6.61 Å². The number of hydrogen-bond donors (Lipinski definition) is 0. The Morgan fingerprint density at radius 1 is 1.56 bits per heavy atom. The van der Waals surface area contributed by atoms with Gasteiger partial charge in [0.25, 0.3) is 0 Å². The van der Waals surface area contributed by atoms with Gasteiger partial charge in [0, 0.05) is 0 Å². The van der Waals surface area contributed by atoms with Gasteiger partial charge in [0.15, 0.2) is 7.28 Å². The zero-order valence-electron chi connectivity index (χ0n) is 5.39. The molecule has 0 atom stereocenters. The van der Waals surface area contributed by atoms with Crippen LogP contribution < -0.4 is 0 Å². The van der Waals surface area contributed by atoms with Crippen molar-refractivity contribution in [2.45, 2.75) is 12.7 Å². The van der Waals surface area contributed by atoms with Gasteiger partial charge in [-0.15, -0.1) is 0 Å². The molecule has 2 heterocycles. The minimum absolute atomic E-state index is 0.791. The highest BCUT2D eigenvalue weighted by Crippen LogP contribution is 2.26. The van der Waals surface area contributed by atoms with Crippen molar-refractivity contribution in [1.82, 2.24) is 0 Å². The molecule has 2 aliphatic rings. The Bertz CT molecular complexity index is 161. The smallest absolute Gasteiger partial charge is 0.162 e. The SMILES string of the molecule is B1CCC2=CCOC=C12. The molecule has 0 aliphatic carbocycles. The van der Waals surface area contributed by atoms with E-state index in [-0.39, 0.29) is 0 Å². The monoisotopic (exact) mass is 120 g/mol. The van der Waals surface area contributed by atoms with E-state index in [4.69, 9.17) is 4.74 Å². The molecule has 0 unspecified atom stereocenters. The van der Waals surface area contributed by atoms with Crippen LogP contribution in [-0.4, -0.2) is 13.9 Å². The van der Waals surface area contributed by atoms with Gasteiger partial charge < -0.3 is 4.74 Å². The molecular formula is C7H9BO. The van der Waals surface area contributed by atoms with E-state index in [2.05, 4.69) is 6.08 Å². The molecule has 0 aromatic rings. The fourth-order valence-electron chi connectivity index (χ4n) is 1.46. The minimum atomic E-state index is 0.791. The number of fused-ring (bicyclic) bond motifs is 1. The van der Waals surface area contributed by atoms with Crippen molar-refractivity contribution in [2.24, 2.45) is 0 Å². The quantitative estimate of drug-likeness (QED) is 0.434. The maximum Gasteiger partial charge on any atom is 0.162 e. The Morgan fingerprint density at radius 3 is 3.44 bits per heavy atom. The van der Waals surface area contributed by atoms with Crippen molar-refractivity contribution in [1.29, 1.82) is 0 Å². The van der Waals surface area contributed by atoms with Gasteiger partial charge in [0.1, 0.15) is 6.61 Å². The Balaban J connectivity index is 2.30. The van der Waals surface area contributed by atoms with Crippen LogP contribution in [0.1, 0.15) is 6.42 Å². The molecule has 0 radical (unpaired) electrons. The van der Waals surface area contributed by atoms with Gasteiger partial charge in [-0.25, -0.2) is 0 Å². The summed E-state index contributed by atoms with van der Waals surface area (Å²) < 4.78 is 5.14. The molecule has 0 saturated carbocycles. The molecule has 0 bridgehead atoms. The van der Waals surface area contributed by atoms with Crippen LogP contribution >= 0.6 is 0 Å². The fourth-order valence-corrected chi connectivity index (χ4v) is 1.46. The number of allylic oxidation sites excluding steroid dienone is 2. The Hall–Kier alpha value is -0.655. The lowest BCUT2D eigenvalue weighted by molar-refractivity contribution is 0.283. The van der Waals surface area contributed by atoms with E-state index in [1.807, 2.05) is 6.26 Å². The van der Waals surface area contributed by atoms with Crippen LogP contribution in [0, 0.1) is 0 Å². The van der Waals surface area contributed by atoms with Crippen LogP contribution in [0.3, 0.4) is 0 Å². The molecule has 2 rings (SSSR count). The van der Waals surface area contributed by atoms with Crippen molar-refractivity contribution >= 4 is 7.28 Å². The highest BCUT2D eigenvalue weighted by atomic mass is 16.5. The number of hydrogen-bond acceptors (Lipinski definition) is 1. The Labute approximate surface area is 55.6 Å². The second kappa shape index (κ2) is 1.94. The van der Waals surface area contributed by atoms with E-state index in [9.17, 15) is 0 Å². The minimum Gasteiger partial charge on any atom is -0.498 e. The van der Waals surface area contributed by atoms with Gasteiger partial charge >= 0.3 is 0 Å². The number of ether oxygens (including phenoxy) is 1. The molecule has 1 fully saturated rings. The number of rotatable bonds is 0. The molecule has 1 saturated heterocycles. The van der Waals surface area contributed by atoms with E-state index < -0.39 is 0 Å². The average molecular weight is 120 g/mol. The van der Waals surface area contributed by atoms with Crippen LogP contribution in [-0.2, 0) is 4.74 Å². The molecule has 0 aromatic heterocycles. The lowest BCUT2D eigenvalue weighted by Gasteiger charge is -2.07. The largest absolute Gasteiger partial charge is 0.498 e. The first kappa shape index (κ1) is 5.16. The predicted molar refractivity (Wildman–Crippen MR) is 38.7 cm³/mol. The third-order valence-corrected chi connectivity index (χ3v) is 1.96. The second-order valence-corrected chi connectivity index (χ2v) is 2.56. The first-order chi connectivity index (χ1) is 4.47. The lowest BCUT2D eigenvalue weighted by Crippen LogP contribution is -1.97. The summed E-state index contributed by atoms with van der Waals surface area (Å²) in [5.41, 5.74) is 2.96. The zero-order valence-corrected chi connectivity index (χ0v) is 5.39. The molecule has 0 N–H and O–H groups in total. The summed E-state index contributed by atoms with van der Waals surface area (Å²) in [4.78, 5) is 0. The topological polar surface area (TPSA) is 9.23 Å². The van der Waals surface area contributed by atoms with Gasteiger partial charge in [0.05, 0.1) is 6.26 Å². The first-order valence-corrected chi connectivity index (χ1v) is 3.47. The van der Waals surface area contributed by atoms with Gasteiger partial charge in [-0.1, -0.05) is 11.9 Å². The van der Waals surface area contributed by atoms with Crippen molar-refractivity contribution in [3.8, 4) is 0 Å². The van der Waals surface area contributed by atoms with Crippen LogP contribution in [0.4, 0.5) is 0 Å². The summed E-state index contributed by atoms with van der Waals surface area (Å²) in [6.45, 7) is 0.791. The zero-order chi connectivity index (χ0) is 6.10. The molecule has 0 amide bonds. The molecule has 1 nitrogen and oxygen atoms in total. The molecule has 2 heteroatoms.